The van der Waals surface area contributed by atoms with E-state index in [2.05, 4.69) is 31.9 Å². The number of carbonyl (C=O) groups is 1. The Bertz CT molecular complexity index is 443. The summed E-state index contributed by atoms with van der Waals surface area (Å²) in [6.45, 7) is 3.70. The van der Waals surface area contributed by atoms with Gasteiger partial charge in [-0.3, -0.25) is 4.79 Å². The van der Waals surface area contributed by atoms with Gasteiger partial charge in [0.25, 0.3) is 0 Å². The lowest BCUT2D eigenvalue weighted by molar-refractivity contribution is -0.146. The van der Waals surface area contributed by atoms with Gasteiger partial charge in [0.1, 0.15) is 5.82 Å². The summed E-state index contributed by atoms with van der Waals surface area (Å²) >= 11 is 3.54. The Labute approximate surface area is 115 Å². The number of rotatable bonds is 2. The van der Waals surface area contributed by atoms with Crippen molar-refractivity contribution < 1.29 is 9.53 Å². The van der Waals surface area contributed by atoms with Gasteiger partial charge in [0.2, 0.25) is 0 Å². The lowest BCUT2D eigenvalue weighted by Crippen LogP contribution is -2.37. The van der Waals surface area contributed by atoms with Crippen LogP contribution in [-0.4, -0.2) is 31.2 Å². The van der Waals surface area contributed by atoms with E-state index in [9.17, 15) is 4.79 Å². The summed E-state index contributed by atoms with van der Waals surface area (Å²) in [6.07, 6.45) is 3.52. The van der Waals surface area contributed by atoms with Crippen LogP contribution in [0.15, 0.2) is 16.7 Å². The van der Waals surface area contributed by atoms with E-state index in [0.717, 1.165) is 41.8 Å². The van der Waals surface area contributed by atoms with Gasteiger partial charge >= 0.3 is 5.97 Å². The molecule has 18 heavy (non-hydrogen) atoms. The summed E-state index contributed by atoms with van der Waals surface area (Å²) in [6, 6.07) is 2.06. The van der Waals surface area contributed by atoms with Gasteiger partial charge in [-0.25, -0.2) is 4.98 Å². The quantitative estimate of drug-likeness (QED) is 0.787. The van der Waals surface area contributed by atoms with Crippen molar-refractivity contribution in [2.24, 2.45) is 5.92 Å². The van der Waals surface area contributed by atoms with E-state index < -0.39 is 0 Å². The molecule has 0 spiro atoms. The normalized spacial score (nSPS) is 16.7. The van der Waals surface area contributed by atoms with Crippen molar-refractivity contribution >= 4 is 27.7 Å². The molecule has 0 radical (unpaired) electrons. The number of carbonyl (C=O) groups excluding carboxylic acids is 1. The van der Waals surface area contributed by atoms with Crippen LogP contribution in [0, 0.1) is 12.8 Å². The van der Waals surface area contributed by atoms with Crippen molar-refractivity contribution in [2.75, 3.05) is 25.1 Å². The van der Waals surface area contributed by atoms with Gasteiger partial charge < -0.3 is 9.64 Å². The van der Waals surface area contributed by atoms with Crippen LogP contribution >= 0.6 is 15.9 Å². The summed E-state index contributed by atoms with van der Waals surface area (Å²) in [4.78, 5) is 18.1. The predicted molar refractivity (Wildman–Crippen MR) is 73.6 cm³/mol. The number of halogens is 1. The highest BCUT2D eigenvalue weighted by atomic mass is 79.9. The predicted octanol–water partition coefficient (Wildman–Crippen LogP) is 2.54. The van der Waals surface area contributed by atoms with Crippen LogP contribution in [-0.2, 0) is 9.53 Å². The molecule has 2 rings (SSSR count). The second-order valence-corrected chi connectivity index (χ2v) is 5.46. The van der Waals surface area contributed by atoms with E-state index >= 15 is 0 Å². The Morgan fingerprint density at radius 1 is 1.50 bits per heavy atom. The Morgan fingerprint density at radius 2 is 2.17 bits per heavy atom. The van der Waals surface area contributed by atoms with E-state index in [1.807, 2.05) is 13.1 Å². The molecular weight excluding hydrogens is 296 g/mol. The summed E-state index contributed by atoms with van der Waals surface area (Å²) < 4.78 is 5.80. The summed E-state index contributed by atoms with van der Waals surface area (Å²) in [5, 5.41) is 0. The first-order valence-corrected chi connectivity index (χ1v) is 6.86. The minimum absolute atomic E-state index is 0.0375. The van der Waals surface area contributed by atoms with Gasteiger partial charge in [-0.15, -0.1) is 0 Å². The van der Waals surface area contributed by atoms with E-state index in [1.165, 1.54) is 7.11 Å². The molecule has 0 amide bonds. The average Bonchev–Trinajstić information content (AvgIpc) is 2.38. The van der Waals surface area contributed by atoms with Crippen molar-refractivity contribution in [1.29, 1.82) is 0 Å². The van der Waals surface area contributed by atoms with Crippen LogP contribution < -0.4 is 4.90 Å². The number of pyridine rings is 1. The third kappa shape index (κ3) is 2.83. The lowest BCUT2D eigenvalue weighted by atomic mass is 9.97. The number of nitrogens with zero attached hydrogens (tertiary/aromatic N) is 2. The van der Waals surface area contributed by atoms with Gasteiger partial charge in [0, 0.05) is 19.3 Å². The summed E-state index contributed by atoms with van der Waals surface area (Å²) in [5.41, 5.74) is 1.13. The Morgan fingerprint density at radius 3 is 2.72 bits per heavy atom. The largest absolute Gasteiger partial charge is 0.469 e. The second-order valence-electron chi connectivity index (χ2n) is 4.60. The van der Waals surface area contributed by atoms with Crippen LogP contribution in [0.1, 0.15) is 18.4 Å². The van der Waals surface area contributed by atoms with Crippen LogP contribution in [0.5, 0.6) is 0 Å². The highest BCUT2D eigenvalue weighted by Gasteiger charge is 2.26. The van der Waals surface area contributed by atoms with Gasteiger partial charge in [-0.05, 0) is 47.3 Å². The van der Waals surface area contributed by atoms with Crippen LogP contribution in [0.2, 0.25) is 0 Å². The summed E-state index contributed by atoms with van der Waals surface area (Å²) in [7, 11) is 1.45. The molecule has 0 saturated carbocycles. The highest BCUT2D eigenvalue weighted by molar-refractivity contribution is 9.10. The topological polar surface area (TPSA) is 42.4 Å². The molecule has 0 unspecified atom stereocenters. The molecule has 0 N–H and O–H groups in total. The molecule has 1 fully saturated rings. The molecule has 0 bridgehead atoms. The lowest BCUT2D eigenvalue weighted by Gasteiger charge is -2.32. The smallest absolute Gasteiger partial charge is 0.308 e. The molecule has 1 aliphatic heterocycles. The number of methoxy groups -OCH3 is 1. The van der Waals surface area contributed by atoms with Crippen molar-refractivity contribution in [3.05, 3.63) is 22.3 Å². The van der Waals surface area contributed by atoms with Gasteiger partial charge in [-0.1, -0.05) is 0 Å². The Kier molecular flexibility index (Phi) is 4.22. The molecule has 1 saturated heterocycles. The van der Waals surface area contributed by atoms with Crippen LogP contribution in [0.25, 0.3) is 0 Å². The third-order valence-electron chi connectivity index (χ3n) is 3.29. The molecule has 98 valence electrons. The first-order chi connectivity index (χ1) is 8.61. The number of aryl methyl sites for hydroxylation is 1. The first-order valence-electron chi connectivity index (χ1n) is 6.06. The molecule has 4 nitrogen and oxygen atoms in total. The maximum Gasteiger partial charge on any atom is 0.308 e. The fraction of sp³-hybridized carbons (Fsp3) is 0.538. The van der Waals surface area contributed by atoms with Crippen molar-refractivity contribution in [1.82, 2.24) is 4.98 Å². The molecule has 1 aliphatic rings. The number of aromatic nitrogens is 1. The Balaban J connectivity index is 2.03. The zero-order chi connectivity index (χ0) is 13.1. The summed E-state index contributed by atoms with van der Waals surface area (Å²) in [5.74, 6) is 0.907. The number of hydrogen-bond acceptors (Lipinski definition) is 4. The monoisotopic (exact) mass is 312 g/mol. The third-order valence-corrected chi connectivity index (χ3v) is 3.87. The molecular formula is C13H17BrN2O2. The number of esters is 1. The zero-order valence-electron chi connectivity index (χ0n) is 10.6. The van der Waals surface area contributed by atoms with E-state index in [4.69, 9.17) is 4.74 Å². The van der Waals surface area contributed by atoms with Gasteiger partial charge in [0.05, 0.1) is 17.5 Å². The van der Waals surface area contributed by atoms with E-state index in [-0.39, 0.29) is 11.9 Å². The van der Waals surface area contributed by atoms with E-state index in [1.54, 1.807) is 0 Å². The number of hydrogen-bond donors (Lipinski definition) is 0. The average molecular weight is 313 g/mol. The minimum Gasteiger partial charge on any atom is -0.469 e. The second kappa shape index (κ2) is 5.69. The van der Waals surface area contributed by atoms with Gasteiger partial charge in [-0.2, -0.15) is 0 Å². The Hall–Kier alpha value is -1.10. The number of ether oxygens (including phenoxy) is 1. The molecule has 1 aromatic rings. The van der Waals surface area contributed by atoms with Crippen molar-refractivity contribution in [3.8, 4) is 0 Å². The zero-order valence-corrected chi connectivity index (χ0v) is 12.2. The maximum absolute atomic E-state index is 11.5. The van der Waals surface area contributed by atoms with Crippen molar-refractivity contribution in [2.45, 2.75) is 19.8 Å². The fourth-order valence-corrected chi connectivity index (χ4v) is 2.97. The highest BCUT2D eigenvalue weighted by Crippen LogP contribution is 2.28. The standard InChI is InChI=1S/C13H17BrN2O2/c1-9-7-11(14)12(15-8-9)16-5-3-10(4-6-16)13(17)18-2/h7-8,10H,3-6H2,1-2H3. The molecule has 0 atom stereocenters. The first kappa shape index (κ1) is 13.3. The van der Waals surface area contributed by atoms with Gasteiger partial charge in [0.15, 0.2) is 0 Å². The molecule has 0 aromatic carbocycles. The van der Waals surface area contributed by atoms with E-state index in [0.29, 0.717) is 0 Å². The molecule has 1 aromatic heterocycles. The minimum atomic E-state index is -0.0921. The molecule has 0 aliphatic carbocycles. The fourth-order valence-electron chi connectivity index (χ4n) is 2.25. The van der Waals surface area contributed by atoms with Crippen LogP contribution in [0.3, 0.4) is 0 Å². The maximum atomic E-state index is 11.5. The van der Waals surface area contributed by atoms with Crippen LogP contribution in [0.4, 0.5) is 5.82 Å². The number of anilines is 1. The molecule has 5 heteroatoms. The number of piperidine rings is 1. The molecule has 2 heterocycles. The van der Waals surface area contributed by atoms with Crippen molar-refractivity contribution in [3.63, 3.8) is 0 Å². The SMILES string of the molecule is COC(=O)C1CCN(c2ncc(C)cc2Br)CC1.